The summed E-state index contributed by atoms with van der Waals surface area (Å²) < 4.78 is 12.0. The normalized spacial score (nSPS) is 12.6. The third-order valence-electron chi connectivity index (χ3n) is 10.8. The van der Waals surface area contributed by atoms with Crippen molar-refractivity contribution in [2.75, 3.05) is 14.1 Å². The first-order chi connectivity index (χ1) is 27.6. The van der Waals surface area contributed by atoms with Gasteiger partial charge in [0.2, 0.25) is 0 Å². The van der Waals surface area contributed by atoms with Crippen molar-refractivity contribution in [2.45, 2.75) is 52.1 Å². The SMILES string of the molecule is CCc1ccc(C)c(C[C@H](N)c2ccccc2-c2noc3c(-c4ccc([C@@H](N)Cc5nc(C(=O)N(C)C)ccc5C)c(-c5noc6ccccc56)c4)cccc23)n1. The van der Waals surface area contributed by atoms with E-state index in [9.17, 15) is 4.79 Å². The third-order valence-corrected chi connectivity index (χ3v) is 10.8. The van der Waals surface area contributed by atoms with Gasteiger partial charge < -0.3 is 25.4 Å². The van der Waals surface area contributed by atoms with Crippen molar-refractivity contribution in [1.82, 2.24) is 25.2 Å². The summed E-state index contributed by atoms with van der Waals surface area (Å²) in [5.74, 6) is -0.162. The van der Waals surface area contributed by atoms with Crippen molar-refractivity contribution in [3.63, 3.8) is 0 Å². The number of fused-ring (bicyclic) bond motifs is 2. The van der Waals surface area contributed by atoms with Gasteiger partial charge in [-0.2, -0.15) is 0 Å². The smallest absolute Gasteiger partial charge is 0.271 e. The maximum absolute atomic E-state index is 12.8. The quantitative estimate of drug-likeness (QED) is 0.132. The zero-order chi connectivity index (χ0) is 39.8. The molecule has 0 aliphatic carbocycles. The lowest BCUT2D eigenvalue weighted by Gasteiger charge is -2.19. The Morgan fingerprint density at radius 1 is 0.667 bits per heavy atom. The summed E-state index contributed by atoms with van der Waals surface area (Å²) in [6.45, 7) is 6.17. The lowest BCUT2D eigenvalue weighted by Crippen LogP contribution is -2.24. The summed E-state index contributed by atoms with van der Waals surface area (Å²) in [5.41, 5.74) is 27.4. The molecule has 0 spiro atoms. The number of aryl methyl sites for hydroxylation is 3. The van der Waals surface area contributed by atoms with Gasteiger partial charge >= 0.3 is 0 Å². The molecular formula is C47H45N7O3. The number of amides is 1. The van der Waals surface area contributed by atoms with Gasteiger partial charge in [0.25, 0.3) is 5.91 Å². The molecule has 0 saturated heterocycles. The molecule has 0 aliphatic heterocycles. The molecule has 57 heavy (non-hydrogen) atoms. The van der Waals surface area contributed by atoms with Crippen LogP contribution in [0.3, 0.4) is 0 Å². The second-order valence-corrected chi connectivity index (χ2v) is 14.8. The molecule has 0 bridgehead atoms. The number of benzene rings is 4. The fourth-order valence-electron chi connectivity index (χ4n) is 7.53. The minimum atomic E-state index is -0.475. The van der Waals surface area contributed by atoms with E-state index in [4.69, 9.17) is 30.5 Å². The van der Waals surface area contributed by atoms with E-state index in [1.807, 2.05) is 79.7 Å². The first-order valence-corrected chi connectivity index (χ1v) is 19.2. The van der Waals surface area contributed by atoms with Crippen LogP contribution in [0, 0.1) is 13.8 Å². The van der Waals surface area contributed by atoms with Crippen molar-refractivity contribution in [1.29, 1.82) is 0 Å². The molecule has 4 N–H and O–H groups in total. The standard InChI is InChI=1S/C47H45N7O3/c1-6-30-21-18-27(2)41(50-30)25-38(48)32-12-7-8-13-34(32)44-36-16-11-15-31(46(36)57-53-44)29-20-22-33(37(24-29)45-35-14-9-10-17-43(35)56-52-45)39(49)26-42-28(3)19-23-40(51-42)47(55)54(4)5/h7-24,38-39H,6,25-26,48-49H2,1-5H3/t38-,39-/m0/s1. The molecule has 0 unspecified atom stereocenters. The van der Waals surface area contributed by atoms with Crippen LogP contribution in [0.4, 0.5) is 0 Å². The van der Waals surface area contributed by atoms with Gasteiger partial charge in [-0.05, 0) is 84.5 Å². The van der Waals surface area contributed by atoms with E-state index in [-0.39, 0.29) is 11.9 Å². The minimum absolute atomic E-state index is 0.162. The van der Waals surface area contributed by atoms with Crippen LogP contribution < -0.4 is 11.5 Å². The molecule has 8 rings (SSSR count). The fourth-order valence-corrected chi connectivity index (χ4v) is 7.53. The molecule has 4 aromatic heterocycles. The maximum atomic E-state index is 12.8. The van der Waals surface area contributed by atoms with Crippen LogP contribution in [0.15, 0.2) is 118 Å². The molecular weight excluding hydrogens is 711 g/mol. The summed E-state index contributed by atoms with van der Waals surface area (Å²) in [7, 11) is 3.43. The van der Waals surface area contributed by atoms with Crippen LogP contribution in [0.5, 0.6) is 0 Å². The minimum Gasteiger partial charge on any atom is -0.356 e. The summed E-state index contributed by atoms with van der Waals surface area (Å²) >= 11 is 0. The van der Waals surface area contributed by atoms with Crippen LogP contribution in [0.25, 0.3) is 55.6 Å². The van der Waals surface area contributed by atoms with Crippen molar-refractivity contribution in [3.05, 3.63) is 154 Å². The van der Waals surface area contributed by atoms with Gasteiger partial charge in [-0.1, -0.05) is 90.0 Å². The van der Waals surface area contributed by atoms with Crippen molar-refractivity contribution in [3.8, 4) is 33.6 Å². The summed E-state index contributed by atoms with van der Waals surface area (Å²) in [4.78, 5) is 23.9. The van der Waals surface area contributed by atoms with Crippen molar-refractivity contribution in [2.24, 2.45) is 11.5 Å². The van der Waals surface area contributed by atoms with Gasteiger partial charge in [-0.15, -0.1) is 0 Å². The Kier molecular flexibility index (Phi) is 10.2. The second kappa shape index (κ2) is 15.6. The van der Waals surface area contributed by atoms with Gasteiger partial charge in [-0.3, -0.25) is 9.78 Å². The van der Waals surface area contributed by atoms with E-state index < -0.39 is 6.04 Å². The topological polar surface area (TPSA) is 150 Å². The predicted octanol–water partition coefficient (Wildman–Crippen LogP) is 9.13. The summed E-state index contributed by atoms with van der Waals surface area (Å²) in [6, 6.07) is 35.3. The highest BCUT2D eigenvalue weighted by molar-refractivity contribution is 6.01. The Hall–Kier alpha value is -6.49. The maximum Gasteiger partial charge on any atom is 0.271 e. The van der Waals surface area contributed by atoms with Gasteiger partial charge in [0.15, 0.2) is 11.2 Å². The van der Waals surface area contributed by atoms with E-state index in [1.54, 1.807) is 20.2 Å². The van der Waals surface area contributed by atoms with Crippen LogP contribution in [0.2, 0.25) is 0 Å². The number of hydrogen-bond acceptors (Lipinski definition) is 9. The highest BCUT2D eigenvalue weighted by Crippen LogP contribution is 2.41. The van der Waals surface area contributed by atoms with Crippen LogP contribution >= 0.6 is 0 Å². The van der Waals surface area contributed by atoms with Crippen molar-refractivity contribution < 1.29 is 13.8 Å². The number of hydrogen-bond donors (Lipinski definition) is 2. The Labute approximate surface area is 331 Å². The number of aromatic nitrogens is 4. The number of rotatable bonds is 11. The molecule has 0 fully saturated rings. The van der Waals surface area contributed by atoms with Gasteiger partial charge in [-0.25, -0.2) is 4.98 Å². The van der Waals surface area contributed by atoms with E-state index in [0.29, 0.717) is 35.4 Å². The monoisotopic (exact) mass is 755 g/mol. The van der Waals surface area contributed by atoms with Gasteiger partial charge in [0.1, 0.15) is 17.1 Å². The first kappa shape index (κ1) is 37.4. The van der Waals surface area contributed by atoms with E-state index in [2.05, 4.69) is 54.5 Å². The van der Waals surface area contributed by atoms with E-state index >= 15 is 0 Å². The zero-order valence-corrected chi connectivity index (χ0v) is 32.8. The zero-order valence-electron chi connectivity index (χ0n) is 32.8. The van der Waals surface area contributed by atoms with Crippen molar-refractivity contribution >= 4 is 27.8 Å². The Balaban J connectivity index is 1.19. The number of pyridine rings is 2. The first-order valence-electron chi connectivity index (χ1n) is 19.2. The van der Waals surface area contributed by atoms with Gasteiger partial charge in [0.05, 0.1) is 5.39 Å². The highest BCUT2D eigenvalue weighted by atomic mass is 16.5. The molecule has 4 heterocycles. The number of carbonyl (C=O) groups excluding carboxylic acids is 1. The Morgan fingerprint density at radius 2 is 1.30 bits per heavy atom. The molecule has 1 amide bonds. The van der Waals surface area contributed by atoms with Crippen LogP contribution in [-0.4, -0.2) is 45.2 Å². The number of nitrogens with two attached hydrogens (primary N) is 2. The van der Waals surface area contributed by atoms with Crippen LogP contribution in [0.1, 0.15) is 68.8 Å². The molecule has 0 aliphatic rings. The largest absolute Gasteiger partial charge is 0.356 e. The number of nitrogens with zero attached hydrogens (tertiary/aromatic N) is 5. The van der Waals surface area contributed by atoms with E-state index in [1.165, 1.54) is 4.90 Å². The average Bonchev–Trinajstić information content (AvgIpc) is 3.87. The Bertz CT molecular complexity index is 2770. The Morgan fingerprint density at radius 3 is 2.07 bits per heavy atom. The lowest BCUT2D eigenvalue weighted by molar-refractivity contribution is 0.0821. The van der Waals surface area contributed by atoms with Gasteiger partial charge in [0, 0.05) is 78.2 Å². The fraction of sp³-hybridized carbons (Fsp3) is 0.213. The number of carbonyl (C=O) groups is 1. The average molecular weight is 756 g/mol. The molecule has 286 valence electrons. The summed E-state index contributed by atoms with van der Waals surface area (Å²) in [6.07, 6.45) is 1.87. The molecule has 10 heteroatoms. The third kappa shape index (κ3) is 7.21. The highest BCUT2D eigenvalue weighted by Gasteiger charge is 2.24. The number of para-hydroxylation sites is 2. The van der Waals surface area contributed by atoms with E-state index in [0.717, 1.165) is 84.5 Å². The molecule has 0 saturated carbocycles. The molecule has 2 atom stereocenters. The molecule has 0 radical (unpaired) electrons. The molecule has 10 nitrogen and oxygen atoms in total. The molecule has 4 aromatic carbocycles. The van der Waals surface area contributed by atoms with Crippen LogP contribution in [-0.2, 0) is 19.3 Å². The lowest BCUT2D eigenvalue weighted by atomic mass is 9.89. The summed E-state index contributed by atoms with van der Waals surface area (Å²) in [5, 5.41) is 11.0. The molecule has 8 aromatic rings. The second-order valence-electron chi connectivity index (χ2n) is 14.8. The predicted molar refractivity (Wildman–Crippen MR) is 224 cm³/mol.